The number of hydrogen-bond donors (Lipinski definition) is 2. The monoisotopic (exact) mass is 376 g/mol. The van der Waals surface area contributed by atoms with Gasteiger partial charge in [0.2, 0.25) is 5.91 Å². The molecule has 142 valence electrons. The van der Waals surface area contributed by atoms with Gasteiger partial charge in [0.25, 0.3) is 0 Å². The number of carbonyl (C=O) groups is 1. The maximum atomic E-state index is 12.2. The minimum Gasteiger partial charge on any atom is -0.508 e. The van der Waals surface area contributed by atoms with E-state index in [2.05, 4.69) is 10.3 Å². The van der Waals surface area contributed by atoms with Gasteiger partial charge in [0, 0.05) is 36.6 Å². The number of methoxy groups -OCH3 is 1. The van der Waals surface area contributed by atoms with E-state index in [0.717, 1.165) is 5.57 Å². The highest BCUT2D eigenvalue weighted by atomic mass is 16.5. The summed E-state index contributed by atoms with van der Waals surface area (Å²) in [7, 11) is 1.50. The minimum atomic E-state index is -0.274. The van der Waals surface area contributed by atoms with Crippen molar-refractivity contribution >= 4 is 11.6 Å². The number of nitrogens with one attached hydrogen (secondary N) is 1. The average molecular weight is 376 g/mol. The van der Waals surface area contributed by atoms with E-state index >= 15 is 0 Å². The van der Waals surface area contributed by atoms with Crippen LogP contribution in [-0.4, -0.2) is 23.1 Å². The molecule has 2 N–H and O–H groups in total. The molecule has 28 heavy (non-hydrogen) atoms. The standard InChI is InChI=1S/C22H20N2O4/c1-27-21-9-6-16(5-8-20(21)25)7-10-22(26)24-17-3-2-4-19(15-17)28-18-11-13-23-14-12-18/h2-7,9-15,25H,8H2,1H3,(H,24,26)/b10-7+. The Morgan fingerprint density at radius 1 is 1.18 bits per heavy atom. The van der Waals surface area contributed by atoms with Crippen LogP contribution in [0, 0.1) is 0 Å². The highest BCUT2D eigenvalue weighted by Gasteiger charge is 2.06. The zero-order valence-electron chi connectivity index (χ0n) is 15.3. The van der Waals surface area contributed by atoms with E-state index in [0.29, 0.717) is 29.4 Å². The van der Waals surface area contributed by atoms with Gasteiger partial charge < -0.3 is 19.9 Å². The maximum absolute atomic E-state index is 12.2. The van der Waals surface area contributed by atoms with Gasteiger partial charge in [0.15, 0.2) is 5.76 Å². The normalized spacial score (nSPS) is 13.8. The van der Waals surface area contributed by atoms with Gasteiger partial charge in [-0.3, -0.25) is 9.78 Å². The Kier molecular flexibility index (Phi) is 6.25. The van der Waals surface area contributed by atoms with E-state index in [4.69, 9.17) is 9.47 Å². The summed E-state index contributed by atoms with van der Waals surface area (Å²) >= 11 is 0. The number of carbonyl (C=O) groups excluding carboxylic acids is 1. The molecule has 0 atom stereocenters. The number of ether oxygens (including phenoxy) is 2. The Morgan fingerprint density at radius 2 is 2.00 bits per heavy atom. The molecule has 0 unspecified atom stereocenters. The van der Waals surface area contributed by atoms with Gasteiger partial charge in [-0.25, -0.2) is 0 Å². The fraction of sp³-hybridized carbons (Fsp3) is 0.0909. The predicted octanol–water partition coefficient (Wildman–Crippen LogP) is 4.67. The molecule has 0 aliphatic heterocycles. The predicted molar refractivity (Wildman–Crippen MR) is 107 cm³/mol. The van der Waals surface area contributed by atoms with Crippen LogP contribution < -0.4 is 10.1 Å². The number of anilines is 1. The summed E-state index contributed by atoms with van der Waals surface area (Å²) in [5.74, 6) is 1.56. The van der Waals surface area contributed by atoms with Crippen LogP contribution in [0.3, 0.4) is 0 Å². The molecule has 0 radical (unpaired) electrons. The molecule has 0 bridgehead atoms. The summed E-state index contributed by atoms with van der Waals surface area (Å²) in [4.78, 5) is 16.2. The molecule has 0 saturated carbocycles. The van der Waals surface area contributed by atoms with Gasteiger partial charge in [-0.05, 0) is 42.0 Å². The van der Waals surface area contributed by atoms with Crippen molar-refractivity contribution in [1.82, 2.24) is 4.98 Å². The topological polar surface area (TPSA) is 80.7 Å². The molecule has 1 aromatic carbocycles. The van der Waals surface area contributed by atoms with Crippen LogP contribution >= 0.6 is 0 Å². The third-order valence-corrected chi connectivity index (χ3v) is 3.88. The maximum Gasteiger partial charge on any atom is 0.248 e. The van der Waals surface area contributed by atoms with Crippen LogP contribution in [0.2, 0.25) is 0 Å². The lowest BCUT2D eigenvalue weighted by atomic mass is 10.2. The van der Waals surface area contributed by atoms with Crippen molar-refractivity contribution in [2.75, 3.05) is 12.4 Å². The summed E-state index contributed by atoms with van der Waals surface area (Å²) in [5.41, 5.74) is 1.41. The second kappa shape index (κ2) is 9.23. The van der Waals surface area contributed by atoms with E-state index in [9.17, 15) is 9.90 Å². The number of aliphatic hydroxyl groups excluding tert-OH is 1. The molecule has 0 fully saturated rings. The Balaban J connectivity index is 1.61. The molecule has 0 spiro atoms. The SMILES string of the molecule is COC1=C(O)CC=C(/C=C/C(=O)Nc2cccc(Oc3ccncc3)c2)C=C1. The number of aliphatic hydroxyl groups is 1. The summed E-state index contributed by atoms with van der Waals surface area (Å²) in [6.07, 6.45) is 12.0. The summed E-state index contributed by atoms with van der Waals surface area (Å²) in [5, 5.41) is 12.6. The number of amides is 1. The molecule has 6 heteroatoms. The highest BCUT2D eigenvalue weighted by Crippen LogP contribution is 2.23. The Labute approximate surface area is 163 Å². The lowest BCUT2D eigenvalue weighted by molar-refractivity contribution is -0.111. The molecule has 0 saturated heterocycles. The van der Waals surface area contributed by atoms with E-state index in [1.807, 2.05) is 6.08 Å². The summed E-state index contributed by atoms with van der Waals surface area (Å²) in [6, 6.07) is 10.6. The number of allylic oxidation sites excluding steroid dienone is 5. The van der Waals surface area contributed by atoms with Gasteiger partial charge in [-0.2, -0.15) is 0 Å². The molecular weight excluding hydrogens is 356 g/mol. The summed E-state index contributed by atoms with van der Waals surface area (Å²) in [6.45, 7) is 0. The number of hydrogen-bond acceptors (Lipinski definition) is 5. The van der Waals surface area contributed by atoms with Crippen LogP contribution in [0.1, 0.15) is 6.42 Å². The Hall–Kier alpha value is -3.80. The average Bonchev–Trinajstić information content (AvgIpc) is 2.88. The first-order valence-electron chi connectivity index (χ1n) is 8.65. The number of benzene rings is 1. The lowest BCUT2D eigenvalue weighted by Gasteiger charge is -2.07. The quantitative estimate of drug-likeness (QED) is 0.716. The van der Waals surface area contributed by atoms with Gasteiger partial charge in [0.05, 0.1) is 7.11 Å². The molecule has 1 aromatic heterocycles. The van der Waals surface area contributed by atoms with Crippen molar-refractivity contribution in [2.45, 2.75) is 6.42 Å². The fourth-order valence-electron chi connectivity index (χ4n) is 2.50. The molecular formula is C22H20N2O4. The molecule has 1 aliphatic rings. The van der Waals surface area contributed by atoms with Crippen LogP contribution in [0.5, 0.6) is 11.5 Å². The van der Waals surface area contributed by atoms with Gasteiger partial charge in [-0.1, -0.05) is 18.2 Å². The van der Waals surface area contributed by atoms with Crippen LogP contribution in [0.15, 0.2) is 96.3 Å². The first kappa shape index (κ1) is 19.0. The van der Waals surface area contributed by atoms with Crippen molar-refractivity contribution < 1.29 is 19.4 Å². The van der Waals surface area contributed by atoms with Crippen molar-refractivity contribution in [3.05, 3.63) is 96.3 Å². The molecule has 1 amide bonds. The first-order valence-corrected chi connectivity index (χ1v) is 8.65. The lowest BCUT2D eigenvalue weighted by Crippen LogP contribution is -2.07. The Bertz CT molecular complexity index is 960. The highest BCUT2D eigenvalue weighted by molar-refractivity contribution is 5.99. The number of rotatable bonds is 6. The molecule has 1 aliphatic carbocycles. The van der Waals surface area contributed by atoms with Gasteiger partial charge in [-0.15, -0.1) is 0 Å². The van der Waals surface area contributed by atoms with Crippen molar-refractivity contribution in [2.24, 2.45) is 0 Å². The third-order valence-electron chi connectivity index (χ3n) is 3.88. The zero-order valence-corrected chi connectivity index (χ0v) is 15.3. The van der Waals surface area contributed by atoms with Crippen molar-refractivity contribution in [1.29, 1.82) is 0 Å². The number of pyridine rings is 1. The minimum absolute atomic E-state index is 0.151. The van der Waals surface area contributed by atoms with Crippen LogP contribution in [0.25, 0.3) is 0 Å². The van der Waals surface area contributed by atoms with Crippen molar-refractivity contribution in [3.8, 4) is 11.5 Å². The summed E-state index contributed by atoms with van der Waals surface area (Å²) < 4.78 is 10.8. The Morgan fingerprint density at radius 3 is 2.79 bits per heavy atom. The first-order chi connectivity index (χ1) is 13.6. The van der Waals surface area contributed by atoms with E-state index < -0.39 is 0 Å². The number of aromatic nitrogens is 1. The molecule has 6 nitrogen and oxygen atoms in total. The van der Waals surface area contributed by atoms with Gasteiger partial charge >= 0.3 is 0 Å². The molecule has 2 aromatic rings. The smallest absolute Gasteiger partial charge is 0.248 e. The van der Waals surface area contributed by atoms with E-state index in [1.54, 1.807) is 67.0 Å². The zero-order chi connectivity index (χ0) is 19.8. The van der Waals surface area contributed by atoms with Crippen LogP contribution in [-0.2, 0) is 9.53 Å². The second-order valence-corrected chi connectivity index (χ2v) is 5.89. The molecule has 3 rings (SSSR count). The second-order valence-electron chi connectivity index (χ2n) is 5.89. The van der Waals surface area contributed by atoms with Crippen molar-refractivity contribution in [3.63, 3.8) is 0 Å². The molecule has 1 heterocycles. The van der Waals surface area contributed by atoms with E-state index in [1.165, 1.54) is 13.2 Å². The van der Waals surface area contributed by atoms with Gasteiger partial charge in [0.1, 0.15) is 17.3 Å². The fourth-order valence-corrected chi connectivity index (χ4v) is 2.50. The third kappa shape index (κ3) is 5.35. The van der Waals surface area contributed by atoms with E-state index in [-0.39, 0.29) is 11.7 Å². The number of nitrogens with zero attached hydrogens (tertiary/aromatic N) is 1. The van der Waals surface area contributed by atoms with Crippen LogP contribution in [0.4, 0.5) is 5.69 Å². The largest absolute Gasteiger partial charge is 0.508 e.